The normalized spacial score (nSPS) is 13.8. The van der Waals surface area contributed by atoms with Gasteiger partial charge in [0.05, 0.1) is 6.61 Å². The summed E-state index contributed by atoms with van der Waals surface area (Å²) >= 11 is 3.99. The fourth-order valence-corrected chi connectivity index (χ4v) is 1.51. The number of nitrogens with one attached hydrogen (secondary N) is 2. The molecule has 0 fully saturated rings. The van der Waals surface area contributed by atoms with Crippen LogP contribution >= 0.6 is 12.6 Å². The summed E-state index contributed by atoms with van der Waals surface area (Å²) in [7, 11) is 0. The number of amides is 2. The topological polar surface area (TPSA) is 93.7 Å². The van der Waals surface area contributed by atoms with Crippen LogP contribution in [0.5, 0.6) is 0 Å². The van der Waals surface area contributed by atoms with E-state index in [9.17, 15) is 14.4 Å². The molecule has 0 aliphatic rings. The highest BCUT2D eigenvalue weighted by atomic mass is 32.1. The maximum absolute atomic E-state index is 11.9. The average molecular weight is 320 g/mol. The van der Waals surface area contributed by atoms with E-state index in [1.807, 2.05) is 0 Å². The number of hydrogen-bond acceptors (Lipinski definition) is 6. The third-order valence-corrected chi connectivity index (χ3v) is 2.56. The van der Waals surface area contributed by atoms with E-state index in [-0.39, 0.29) is 12.4 Å². The van der Waals surface area contributed by atoms with Crippen molar-refractivity contribution in [2.75, 3.05) is 12.4 Å². The van der Waals surface area contributed by atoms with E-state index in [2.05, 4.69) is 23.3 Å². The van der Waals surface area contributed by atoms with Crippen LogP contribution in [0, 0.1) is 0 Å². The molecule has 0 aromatic carbocycles. The molecule has 0 aromatic rings. The zero-order chi connectivity index (χ0) is 16.6. The third kappa shape index (κ3) is 8.44. The van der Waals surface area contributed by atoms with E-state index >= 15 is 0 Å². The van der Waals surface area contributed by atoms with E-state index in [4.69, 9.17) is 9.47 Å². The molecule has 0 aliphatic carbocycles. The van der Waals surface area contributed by atoms with Crippen LogP contribution in [-0.2, 0) is 19.1 Å². The molecule has 2 N–H and O–H groups in total. The molecule has 0 rings (SSSR count). The van der Waals surface area contributed by atoms with E-state index in [0.29, 0.717) is 0 Å². The van der Waals surface area contributed by atoms with Gasteiger partial charge >= 0.3 is 12.1 Å². The zero-order valence-corrected chi connectivity index (χ0v) is 14.0. The quantitative estimate of drug-likeness (QED) is 0.499. The second-order valence-electron chi connectivity index (χ2n) is 5.36. The molecule has 0 saturated carbocycles. The lowest BCUT2D eigenvalue weighted by molar-refractivity contribution is -0.146. The standard InChI is InChI=1S/C13H24N2O5S/c1-6-19-11(17)9(7-21)15-10(16)8(2)14-12(18)20-13(3,4)5/h8-9,21H,6-7H2,1-5H3,(H,14,18)(H,15,16)/t8-,9-/m0/s1. The van der Waals surface area contributed by atoms with E-state index < -0.39 is 35.7 Å². The smallest absolute Gasteiger partial charge is 0.408 e. The van der Waals surface area contributed by atoms with Gasteiger partial charge in [-0.15, -0.1) is 0 Å². The van der Waals surface area contributed by atoms with Crippen LogP contribution in [0.3, 0.4) is 0 Å². The van der Waals surface area contributed by atoms with Crippen molar-refractivity contribution in [1.29, 1.82) is 0 Å². The summed E-state index contributed by atoms with van der Waals surface area (Å²) in [6, 6.07) is -1.71. The van der Waals surface area contributed by atoms with Crippen molar-refractivity contribution in [1.82, 2.24) is 10.6 Å². The minimum atomic E-state index is -0.858. The Labute approximate surface area is 130 Å². The average Bonchev–Trinajstić information content (AvgIpc) is 2.33. The van der Waals surface area contributed by atoms with Crippen molar-refractivity contribution in [3.63, 3.8) is 0 Å². The van der Waals surface area contributed by atoms with Crippen LogP contribution in [0.4, 0.5) is 4.79 Å². The van der Waals surface area contributed by atoms with Crippen LogP contribution in [0.15, 0.2) is 0 Å². The van der Waals surface area contributed by atoms with Gasteiger partial charge in [0.15, 0.2) is 0 Å². The molecule has 21 heavy (non-hydrogen) atoms. The monoisotopic (exact) mass is 320 g/mol. The lowest BCUT2D eigenvalue weighted by atomic mass is 10.2. The number of esters is 1. The lowest BCUT2D eigenvalue weighted by Crippen LogP contribution is -2.52. The van der Waals surface area contributed by atoms with Crippen molar-refractivity contribution in [3.8, 4) is 0 Å². The molecule has 0 spiro atoms. The second kappa shape index (κ2) is 8.76. The van der Waals surface area contributed by atoms with Gasteiger partial charge in [-0.05, 0) is 34.6 Å². The Balaban J connectivity index is 4.43. The van der Waals surface area contributed by atoms with Crippen LogP contribution < -0.4 is 10.6 Å². The summed E-state index contributed by atoms with van der Waals surface area (Å²) in [4.78, 5) is 35.0. The van der Waals surface area contributed by atoms with Crippen LogP contribution in [0.1, 0.15) is 34.6 Å². The fourth-order valence-electron chi connectivity index (χ4n) is 1.27. The summed E-state index contributed by atoms with van der Waals surface area (Å²) in [6.45, 7) is 8.52. The van der Waals surface area contributed by atoms with Crippen LogP contribution in [0.25, 0.3) is 0 Å². The van der Waals surface area contributed by atoms with Crippen molar-refractivity contribution >= 4 is 30.6 Å². The van der Waals surface area contributed by atoms with Crippen LogP contribution in [-0.4, -0.2) is 48.0 Å². The molecule has 0 saturated heterocycles. The van der Waals surface area contributed by atoms with Crippen molar-refractivity contribution < 1.29 is 23.9 Å². The molecule has 0 radical (unpaired) electrons. The number of ether oxygens (including phenoxy) is 2. The first-order chi connectivity index (χ1) is 9.60. The van der Waals surface area contributed by atoms with Gasteiger partial charge in [-0.3, -0.25) is 4.79 Å². The van der Waals surface area contributed by atoms with E-state index in [1.165, 1.54) is 6.92 Å². The lowest BCUT2D eigenvalue weighted by Gasteiger charge is -2.22. The van der Waals surface area contributed by atoms with Gasteiger partial charge in [0.2, 0.25) is 5.91 Å². The zero-order valence-electron chi connectivity index (χ0n) is 13.1. The Hall–Kier alpha value is -1.44. The highest BCUT2D eigenvalue weighted by molar-refractivity contribution is 7.80. The molecule has 7 nitrogen and oxygen atoms in total. The third-order valence-electron chi connectivity index (χ3n) is 2.20. The van der Waals surface area contributed by atoms with Crippen molar-refractivity contribution in [2.45, 2.75) is 52.3 Å². The van der Waals surface area contributed by atoms with Gasteiger partial charge in [0, 0.05) is 5.75 Å². The summed E-state index contributed by atoms with van der Waals surface area (Å²) in [6.07, 6.45) is -0.705. The molecule has 0 aromatic heterocycles. The Bertz CT molecular complexity index is 381. The first-order valence-electron chi connectivity index (χ1n) is 6.68. The first-order valence-corrected chi connectivity index (χ1v) is 7.31. The van der Waals surface area contributed by atoms with Gasteiger partial charge in [-0.1, -0.05) is 0 Å². The maximum atomic E-state index is 11.9. The summed E-state index contributed by atoms with van der Waals surface area (Å²) in [5.41, 5.74) is -0.654. The van der Waals surface area contributed by atoms with Crippen molar-refractivity contribution in [3.05, 3.63) is 0 Å². The Morgan fingerprint density at radius 2 is 1.76 bits per heavy atom. The number of thiol groups is 1. The largest absolute Gasteiger partial charge is 0.464 e. The van der Waals surface area contributed by atoms with Gasteiger partial charge in [0.1, 0.15) is 17.7 Å². The molecule has 122 valence electrons. The fraction of sp³-hybridized carbons (Fsp3) is 0.769. The van der Waals surface area contributed by atoms with Crippen LogP contribution in [0.2, 0.25) is 0 Å². The van der Waals surface area contributed by atoms with E-state index in [1.54, 1.807) is 27.7 Å². The number of hydrogen-bond donors (Lipinski definition) is 3. The molecule has 0 unspecified atom stereocenters. The molecular formula is C13H24N2O5S. The Morgan fingerprint density at radius 3 is 2.19 bits per heavy atom. The minimum absolute atomic E-state index is 0.101. The van der Waals surface area contributed by atoms with Gasteiger partial charge in [0.25, 0.3) is 0 Å². The second-order valence-corrected chi connectivity index (χ2v) is 5.73. The molecule has 0 bridgehead atoms. The number of carbonyl (C=O) groups is 3. The number of carbonyl (C=O) groups excluding carboxylic acids is 3. The predicted molar refractivity (Wildman–Crippen MR) is 81.2 cm³/mol. The summed E-state index contributed by atoms with van der Waals surface area (Å²) < 4.78 is 9.85. The predicted octanol–water partition coefficient (Wildman–Crippen LogP) is 0.877. The summed E-state index contributed by atoms with van der Waals surface area (Å²) in [5.74, 6) is -0.984. The highest BCUT2D eigenvalue weighted by Crippen LogP contribution is 2.06. The number of alkyl carbamates (subject to hydrolysis) is 1. The van der Waals surface area contributed by atoms with E-state index in [0.717, 1.165) is 0 Å². The van der Waals surface area contributed by atoms with Crippen molar-refractivity contribution in [2.24, 2.45) is 0 Å². The van der Waals surface area contributed by atoms with Gasteiger partial charge in [-0.2, -0.15) is 12.6 Å². The minimum Gasteiger partial charge on any atom is -0.464 e. The maximum Gasteiger partial charge on any atom is 0.408 e. The highest BCUT2D eigenvalue weighted by Gasteiger charge is 2.25. The van der Waals surface area contributed by atoms with Gasteiger partial charge < -0.3 is 20.1 Å². The molecule has 0 aliphatic heterocycles. The molecule has 2 atom stereocenters. The SMILES string of the molecule is CCOC(=O)[C@H](CS)NC(=O)[C@H](C)NC(=O)OC(C)(C)C. The first kappa shape index (κ1) is 19.6. The Kier molecular flexibility index (Phi) is 8.16. The molecule has 0 heterocycles. The number of rotatable bonds is 6. The molecular weight excluding hydrogens is 296 g/mol. The summed E-state index contributed by atoms with van der Waals surface area (Å²) in [5, 5.41) is 4.85. The Morgan fingerprint density at radius 1 is 1.19 bits per heavy atom. The van der Waals surface area contributed by atoms with Gasteiger partial charge in [-0.25, -0.2) is 9.59 Å². The molecule has 2 amide bonds. The molecule has 8 heteroatoms.